The summed E-state index contributed by atoms with van der Waals surface area (Å²) in [6, 6.07) is 5.03. The van der Waals surface area contributed by atoms with E-state index in [1.54, 1.807) is 12.1 Å². The van der Waals surface area contributed by atoms with Crippen LogP contribution in [-0.2, 0) is 19.6 Å². The standard InChI is InChI=1S/C12H15BrN2O5S/c1-8(12(17)18)15-11(16)6-7-14-21(19,20)10-4-2-9(13)3-5-10/h2-5,8,14H,6-7H2,1H3,(H,15,16)(H,17,18). The Balaban J connectivity index is 2.49. The van der Waals surface area contributed by atoms with Crippen molar-refractivity contribution in [2.45, 2.75) is 24.3 Å². The van der Waals surface area contributed by atoms with E-state index in [-0.39, 0.29) is 17.9 Å². The van der Waals surface area contributed by atoms with E-state index in [4.69, 9.17) is 5.11 Å². The molecule has 0 aliphatic heterocycles. The topological polar surface area (TPSA) is 113 Å². The highest BCUT2D eigenvalue weighted by Gasteiger charge is 2.16. The van der Waals surface area contributed by atoms with Crippen molar-refractivity contribution in [3.8, 4) is 0 Å². The summed E-state index contributed by atoms with van der Waals surface area (Å²) < 4.78 is 26.8. The molecule has 0 heterocycles. The molecule has 0 saturated heterocycles. The molecule has 0 fully saturated rings. The van der Waals surface area contributed by atoms with Crippen molar-refractivity contribution < 1.29 is 23.1 Å². The summed E-state index contributed by atoms with van der Waals surface area (Å²) in [7, 11) is -3.68. The van der Waals surface area contributed by atoms with Crippen molar-refractivity contribution in [3.63, 3.8) is 0 Å². The highest BCUT2D eigenvalue weighted by atomic mass is 79.9. The Labute approximate surface area is 130 Å². The van der Waals surface area contributed by atoms with Gasteiger partial charge in [0.25, 0.3) is 0 Å². The third kappa shape index (κ3) is 5.82. The molecule has 1 rings (SSSR count). The van der Waals surface area contributed by atoms with Gasteiger partial charge in [0.15, 0.2) is 0 Å². The van der Waals surface area contributed by atoms with Crippen LogP contribution in [0.15, 0.2) is 33.6 Å². The molecule has 0 radical (unpaired) electrons. The van der Waals surface area contributed by atoms with E-state index in [1.165, 1.54) is 19.1 Å². The number of hydrogen-bond acceptors (Lipinski definition) is 4. The van der Waals surface area contributed by atoms with Gasteiger partial charge in [-0.25, -0.2) is 13.1 Å². The Morgan fingerprint density at radius 3 is 2.38 bits per heavy atom. The number of sulfonamides is 1. The number of hydrogen-bond donors (Lipinski definition) is 3. The molecule has 7 nitrogen and oxygen atoms in total. The van der Waals surface area contributed by atoms with E-state index in [0.29, 0.717) is 0 Å². The quantitative estimate of drug-likeness (QED) is 0.646. The van der Waals surface area contributed by atoms with Crippen molar-refractivity contribution in [2.24, 2.45) is 0 Å². The summed E-state index contributed by atoms with van der Waals surface area (Å²) in [5.74, 6) is -1.69. The van der Waals surface area contributed by atoms with Gasteiger partial charge in [0.2, 0.25) is 15.9 Å². The molecule has 116 valence electrons. The van der Waals surface area contributed by atoms with Crippen molar-refractivity contribution >= 4 is 37.8 Å². The third-order valence-electron chi connectivity index (χ3n) is 2.52. The van der Waals surface area contributed by atoms with Gasteiger partial charge in [-0.15, -0.1) is 0 Å². The highest BCUT2D eigenvalue weighted by molar-refractivity contribution is 9.10. The lowest BCUT2D eigenvalue weighted by Gasteiger charge is -2.10. The molecule has 1 amide bonds. The number of halogens is 1. The summed E-state index contributed by atoms with van der Waals surface area (Å²) in [5.41, 5.74) is 0. The molecule has 0 bridgehead atoms. The molecular formula is C12H15BrN2O5S. The first kappa shape index (κ1) is 17.6. The average molecular weight is 379 g/mol. The predicted molar refractivity (Wildman–Crippen MR) is 79.2 cm³/mol. The fourth-order valence-electron chi connectivity index (χ4n) is 1.37. The monoisotopic (exact) mass is 378 g/mol. The Morgan fingerprint density at radius 1 is 1.29 bits per heavy atom. The van der Waals surface area contributed by atoms with Crippen molar-refractivity contribution in [1.82, 2.24) is 10.0 Å². The van der Waals surface area contributed by atoms with Crippen molar-refractivity contribution in [3.05, 3.63) is 28.7 Å². The molecule has 1 atom stereocenters. The Bertz CT molecular complexity index is 615. The van der Waals surface area contributed by atoms with E-state index < -0.39 is 27.9 Å². The van der Waals surface area contributed by atoms with Crippen LogP contribution in [0.1, 0.15) is 13.3 Å². The molecule has 0 aromatic heterocycles. The van der Waals surface area contributed by atoms with Crippen LogP contribution < -0.4 is 10.0 Å². The largest absolute Gasteiger partial charge is 0.480 e. The number of carboxylic acids is 1. The van der Waals surface area contributed by atoms with Crippen molar-refractivity contribution in [1.29, 1.82) is 0 Å². The van der Waals surface area contributed by atoms with E-state index in [9.17, 15) is 18.0 Å². The van der Waals surface area contributed by atoms with Gasteiger partial charge in [-0.3, -0.25) is 9.59 Å². The minimum atomic E-state index is -3.68. The number of amides is 1. The molecule has 0 spiro atoms. The van der Waals surface area contributed by atoms with E-state index in [0.717, 1.165) is 4.47 Å². The van der Waals surface area contributed by atoms with Crippen molar-refractivity contribution in [2.75, 3.05) is 6.54 Å². The smallest absolute Gasteiger partial charge is 0.325 e. The molecule has 1 unspecified atom stereocenters. The maximum absolute atomic E-state index is 11.9. The van der Waals surface area contributed by atoms with Crippen LogP contribution in [-0.4, -0.2) is 38.0 Å². The number of carbonyl (C=O) groups excluding carboxylic acids is 1. The number of nitrogens with one attached hydrogen (secondary N) is 2. The Morgan fingerprint density at radius 2 is 1.86 bits per heavy atom. The molecule has 0 saturated carbocycles. The normalized spacial score (nSPS) is 12.7. The van der Waals surface area contributed by atoms with Crippen LogP contribution in [0.25, 0.3) is 0 Å². The lowest BCUT2D eigenvalue weighted by molar-refractivity contribution is -0.141. The number of rotatable bonds is 7. The fraction of sp³-hybridized carbons (Fsp3) is 0.333. The van der Waals surface area contributed by atoms with Crippen LogP contribution in [0.4, 0.5) is 0 Å². The maximum Gasteiger partial charge on any atom is 0.325 e. The lowest BCUT2D eigenvalue weighted by Crippen LogP contribution is -2.39. The Kier molecular flexibility index (Phi) is 6.31. The summed E-state index contributed by atoms with van der Waals surface area (Å²) in [6.07, 6.45) is -0.145. The first-order chi connectivity index (χ1) is 9.72. The lowest BCUT2D eigenvalue weighted by atomic mass is 10.3. The molecule has 0 aliphatic carbocycles. The zero-order chi connectivity index (χ0) is 16.0. The minimum Gasteiger partial charge on any atom is -0.480 e. The second kappa shape index (κ2) is 7.53. The van der Waals surface area contributed by atoms with Crippen LogP contribution >= 0.6 is 15.9 Å². The van der Waals surface area contributed by atoms with Crippen LogP contribution in [0.2, 0.25) is 0 Å². The molecule has 9 heteroatoms. The number of benzene rings is 1. The van der Waals surface area contributed by atoms with Crippen LogP contribution in [0, 0.1) is 0 Å². The molecule has 1 aromatic rings. The summed E-state index contributed by atoms with van der Waals surface area (Å²) in [5, 5.41) is 10.9. The first-order valence-electron chi connectivity index (χ1n) is 6.00. The van der Waals surface area contributed by atoms with Gasteiger partial charge in [-0.1, -0.05) is 15.9 Å². The SMILES string of the molecule is CC(NC(=O)CCNS(=O)(=O)c1ccc(Br)cc1)C(=O)O. The second-order valence-electron chi connectivity index (χ2n) is 4.23. The van der Waals surface area contributed by atoms with E-state index in [1.807, 2.05) is 0 Å². The van der Waals surface area contributed by atoms with Gasteiger partial charge in [0.1, 0.15) is 6.04 Å². The van der Waals surface area contributed by atoms with Gasteiger partial charge in [0, 0.05) is 17.4 Å². The molecule has 21 heavy (non-hydrogen) atoms. The average Bonchev–Trinajstić information content (AvgIpc) is 2.38. The molecule has 0 aliphatic rings. The van der Waals surface area contributed by atoms with Gasteiger partial charge in [-0.05, 0) is 31.2 Å². The van der Waals surface area contributed by atoms with Gasteiger partial charge in [0.05, 0.1) is 4.90 Å². The zero-order valence-electron chi connectivity index (χ0n) is 11.2. The first-order valence-corrected chi connectivity index (χ1v) is 8.27. The van der Waals surface area contributed by atoms with Crippen LogP contribution in [0.3, 0.4) is 0 Å². The Hall–Kier alpha value is -1.45. The summed E-state index contributed by atoms with van der Waals surface area (Å²) >= 11 is 3.20. The maximum atomic E-state index is 11.9. The third-order valence-corrected chi connectivity index (χ3v) is 4.52. The summed E-state index contributed by atoms with van der Waals surface area (Å²) in [4.78, 5) is 22.0. The van der Waals surface area contributed by atoms with Crippen LogP contribution in [0.5, 0.6) is 0 Å². The second-order valence-corrected chi connectivity index (χ2v) is 6.91. The molecule has 3 N–H and O–H groups in total. The fourth-order valence-corrected chi connectivity index (χ4v) is 2.67. The minimum absolute atomic E-state index is 0.0880. The zero-order valence-corrected chi connectivity index (χ0v) is 13.6. The number of carboxylic acid groups (broad SMARTS) is 1. The number of aliphatic carboxylic acids is 1. The highest BCUT2D eigenvalue weighted by Crippen LogP contribution is 2.14. The van der Waals surface area contributed by atoms with E-state index >= 15 is 0 Å². The van der Waals surface area contributed by atoms with Gasteiger partial charge < -0.3 is 10.4 Å². The van der Waals surface area contributed by atoms with Gasteiger partial charge >= 0.3 is 5.97 Å². The molecule has 1 aromatic carbocycles. The summed E-state index contributed by atoms with van der Waals surface area (Å²) in [6.45, 7) is 1.21. The van der Waals surface area contributed by atoms with Gasteiger partial charge in [-0.2, -0.15) is 0 Å². The predicted octanol–water partition coefficient (Wildman–Crippen LogP) is 0.707. The number of carbonyl (C=O) groups is 2. The van der Waals surface area contributed by atoms with E-state index in [2.05, 4.69) is 26.0 Å². The molecular weight excluding hydrogens is 364 g/mol.